The Morgan fingerprint density at radius 1 is 1.45 bits per heavy atom. The average molecular weight is 156 g/mol. The van der Waals surface area contributed by atoms with Crippen molar-refractivity contribution in [3.8, 4) is 0 Å². The van der Waals surface area contributed by atoms with Crippen LogP contribution >= 0.6 is 0 Å². The van der Waals surface area contributed by atoms with Crippen molar-refractivity contribution in [2.75, 3.05) is 39.9 Å². The molecule has 3 heteroatoms. The molecule has 1 aliphatic rings. The van der Waals surface area contributed by atoms with Crippen LogP contribution < -0.4 is 5.32 Å². The fourth-order valence-electron chi connectivity index (χ4n) is 1.10. The van der Waals surface area contributed by atoms with Crippen LogP contribution in [0, 0.1) is 0 Å². The summed E-state index contributed by atoms with van der Waals surface area (Å²) in [5.41, 5.74) is 0. The lowest BCUT2D eigenvalue weighted by molar-refractivity contribution is 0.0434. The molecular weight excluding hydrogens is 140 g/mol. The van der Waals surface area contributed by atoms with Crippen molar-refractivity contribution in [3.63, 3.8) is 0 Å². The van der Waals surface area contributed by atoms with Crippen molar-refractivity contribution in [2.24, 2.45) is 0 Å². The van der Waals surface area contributed by atoms with Crippen molar-refractivity contribution >= 4 is 0 Å². The van der Waals surface area contributed by atoms with Crippen molar-refractivity contribution in [1.82, 2.24) is 10.2 Å². The zero-order chi connectivity index (χ0) is 7.94. The molecule has 0 amide bonds. The van der Waals surface area contributed by atoms with Crippen LogP contribution in [0.2, 0.25) is 0 Å². The predicted octanol–water partition coefficient (Wildman–Crippen LogP) is 0.0517. The first-order valence-electron chi connectivity index (χ1n) is 4.06. The van der Waals surface area contributed by atoms with Crippen molar-refractivity contribution in [2.45, 2.75) is 0 Å². The molecular formula is C8H16N2O. The van der Waals surface area contributed by atoms with E-state index in [0.29, 0.717) is 0 Å². The van der Waals surface area contributed by atoms with Crippen LogP contribution in [0.4, 0.5) is 0 Å². The molecule has 11 heavy (non-hydrogen) atoms. The standard InChI is InChI=1S/C8H16N2O/c1-9-3-2-4-10-5-7-11-8-6-10/h2-3,9H,4-8H2,1H3. The summed E-state index contributed by atoms with van der Waals surface area (Å²) in [5.74, 6) is 0. The van der Waals surface area contributed by atoms with Gasteiger partial charge in [-0.3, -0.25) is 4.90 Å². The quantitative estimate of drug-likeness (QED) is 0.625. The highest BCUT2D eigenvalue weighted by atomic mass is 16.5. The van der Waals surface area contributed by atoms with E-state index >= 15 is 0 Å². The molecule has 0 unspecified atom stereocenters. The van der Waals surface area contributed by atoms with Crippen molar-refractivity contribution < 1.29 is 4.74 Å². The number of ether oxygens (including phenoxy) is 1. The second-order valence-corrected chi connectivity index (χ2v) is 2.60. The van der Waals surface area contributed by atoms with Gasteiger partial charge in [-0.15, -0.1) is 0 Å². The molecule has 1 aliphatic heterocycles. The third-order valence-electron chi connectivity index (χ3n) is 1.75. The molecule has 0 atom stereocenters. The number of rotatable bonds is 3. The molecule has 0 aromatic heterocycles. The van der Waals surface area contributed by atoms with E-state index in [1.165, 1.54) is 0 Å². The average Bonchev–Trinajstić information content (AvgIpc) is 2.07. The first kappa shape index (κ1) is 8.56. The molecule has 1 fully saturated rings. The Bertz CT molecular complexity index is 119. The minimum absolute atomic E-state index is 0.882. The summed E-state index contributed by atoms with van der Waals surface area (Å²) in [4.78, 5) is 2.37. The Morgan fingerprint density at radius 3 is 2.82 bits per heavy atom. The molecule has 3 nitrogen and oxygen atoms in total. The van der Waals surface area contributed by atoms with Gasteiger partial charge in [-0.05, 0) is 6.20 Å². The smallest absolute Gasteiger partial charge is 0.0594 e. The minimum atomic E-state index is 0.882. The summed E-state index contributed by atoms with van der Waals surface area (Å²) in [6.07, 6.45) is 4.10. The van der Waals surface area contributed by atoms with Crippen LogP contribution in [0.3, 0.4) is 0 Å². The summed E-state index contributed by atoms with van der Waals surface area (Å²) in [7, 11) is 1.91. The van der Waals surface area contributed by atoms with Crippen LogP contribution in [0.5, 0.6) is 0 Å². The van der Waals surface area contributed by atoms with Gasteiger partial charge in [0.1, 0.15) is 0 Å². The molecule has 0 saturated carbocycles. The van der Waals surface area contributed by atoms with Gasteiger partial charge >= 0.3 is 0 Å². The maximum Gasteiger partial charge on any atom is 0.0594 e. The lowest BCUT2D eigenvalue weighted by Gasteiger charge is -2.24. The third kappa shape index (κ3) is 3.39. The van der Waals surface area contributed by atoms with Gasteiger partial charge in [0.2, 0.25) is 0 Å². The predicted molar refractivity (Wildman–Crippen MR) is 45.5 cm³/mol. The summed E-state index contributed by atoms with van der Waals surface area (Å²) in [5, 5.41) is 2.97. The Balaban J connectivity index is 2.09. The highest BCUT2D eigenvalue weighted by Crippen LogP contribution is 1.95. The zero-order valence-corrected chi connectivity index (χ0v) is 7.05. The van der Waals surface area contributed by atoms with E-state index in [-0.39, 0.29) is 0 Å². The number of nitrogens with zero attached hydrogens (tertiary/aromatic N) is 1. The molecule has 1 saturated heterocycles. The number of nitrogens with one attached hydrogen (secondary N) is 1. The fourth-order valence-corrected chi connectivity index (χ4v) is 1.10. The lowest BCUT2D eigenvalue weighted by Crippen LogP contribution is -2.36. The van der Waals surface area contributed by atoms with E-state index in [9.17, 15) is 0 Å². The van der Waals surface area contributed by atoms with Crippen LogP contribution in [-0.2, 0) is 4.74 Å². The fraction of sp³-hybridized carbons (Fsp3) is 0.750. The van der Waals surface area contributed by atoms with Crippen molar-refractivity contribution in [1.29, 1.82) is 0 Å². The number of morpholine rings is 1. The Kier molecular flexibility index (Phi) is 4.01. The van der Waals surface area contributed by atoms with Crippen LogP contribution in [0.1, 0.15) is 0 Å². The summed E-state index contributed by atoms with van der Waals surface area (Å²) in [6, 6.07) is 0. The second kappa shape index (κ2) is 5.16. The summed E-state index contributed by atoms with van der Waals surface area (Å²) < 4.78 is 5.22. The highest BCUT2D eigenvalue weighted by molar-refractivity contribution is 4.82. The van der Waals surface area contributed by atoms with E-state index in [1.807, 2.05) is 13.2 Å². The molecule has 64 valence electrons. The van der Waals surface area contributed by atoms with Gasteiger partial charge < -0.3 is 10.1 Å². The summed E-state index contributed by atoms with van der Waals surface area (Å²) in [6.45, 7) is 4.92. The maximum atomic E-state index is 5.22. The Morgan fingerprint density at radius 2 is 2.18 bits per heavy atom. The molecule has 0 spiro atoms. The molecule has 0 aliphatic carbocycles. The molecule has 1 heterocycles. The van der Waals surface area contributed by atoms with Gasteiger partial charge in [0.15, 0.2) is 0 Å². The third-order valence-corrected chi connectivity index (χ3v) is 1.75. The lowest BCUT2D eigenvalue weighted by atomic mass is 10.4. The van der Waals surface area contributed by atoms with Gasteiger partial charge in [-0.1, -0.05) is 6.08 Å². The molecule has 0 radical (unpaired) electrons. The Labute approximate surface area is 68.0 Å². The maximum absolute atomic E-state index is 5.22. The first-order chi connectivity index (χ1) is 5.43. The largest absolute Gasteiger partial charge is 0.394 e. The SMILES string of the molecule is CNC=CCN1CCOCC1. The minimum Gasteiger partial charge on any atom is -0.394 e. The van der Waals surface area contributed by atoms with E-state index in [2.05, 4.69) is 16.3 Å². The van der Waals surface area contributed by atoms with Crippen molar-refractivity contribution in [3.05, 3.63) is 12.3 Å². The first-order valence-corrected chi connectivity index (χ1v) is 4.06. The summed E-state index contributed by atoms with van der Waals surface area (Å²) >= 11 is 0. The molecule has 0 aromatic carbocycles. The highest BCUT2D eigenvalue weighted by Gasteiger charge is 2.06. The monoisotopic (exact) mass is 156 g/mol. The normalized spacial score (nSPS) is 20.8. The molecule has 0 bridgehead atoms. The van der Waals surface area contributed by atoms with E-state index in [0.717, 1.165) is 32.8 Å². The zero-order valence-electron chi connectivity index (χ0n) is 7.05. The van der Waals surface area contributed by atoms with E-state index in [1.54, 1.807) is 0 Å². The molecule has 1 rings (SSSR count). The van der Waals surface area contributed by atoms with Gasteiger partial charge in [0.05, 0.1) is 13.2 Å². The van der Waals surface area contributed by atoms with Gasteiger partial charge in [-0.2, -0.15) is 0 Å². The van der Waals surface area contributed by atoms with E-state index in [4.69, 9.17) is 4.74 Å². The van der Waals surface area contributed by atoms with Gasteiger partial charge in [0.25, 0.3) is 0 Å². The van der Waals surface area contributed by atoms with Crippen LogP contribution in [0.15, 0.2) is 12.3 Å². The van der Waals surface area contributed by atoms with Crippen LogP contribution in [0.25, 0.3) is 0 Å². The van der Waals surface area contributed by atoms with Gasteiger partial charge in [0, 0.05) is 26.7 Å². The van der Waals surface area contributed by atoms with Gasteiger partial charge in [-0.25, -0.2) is 0 Å². The number of hydrogen-bond donors (Lipinski definition) is 1. The molecule has 0 aromatic rings. The van der Waals surface area contributed by atoms with E-state index < -0.39 is 0 Å². The number of hydrogen-bond acceptors (Lipinski definition) is 3. The Hall–Kier alpha value is -0.540. The second-order valence-electron chi connectivity index (χ2n) is 2.60. The topological polar surface area (TPSA) is 24.5 Å². The molecule has 1 N–H and O–H groups in total. The van der Waals surface area contributed by atoms with Crippen LogP contribution in [-0.4, -0.2) is 44.8 Å².